The molecule has 0 radical (unpaired) electrons. The van der Waals surface area contributed by atoms with Crippen LogP contribution in [0.25, 0.3) is 0 Å². The lowest BCUT2D eigenvalue weighted by molar-refractivity contribution is -0.149. The van der Waals surface area contributed by atoms with Gasteiger partial charge in [0.2, 0.25) is 0 Å². The van der Waals surface area contributed by atoms with Crippen molar-refractivity contribution in [2.75, 3.05) is 19.7 Å². The largest absolute Gasteiger partial charge is 0.466 e. The Morgan fingerprint density at radius 2 is 2.24 bits per heavy atom. The molecule has 0 N–H and O–H groups in total. The van der Waals surface area contributed by atoms with Gasteiger partial charge in [-0.2, -0.15) is 0 Å². The molecule has 21 heavy (non-hydrogen) atoms. The zero-order valence-corrected chi connectivity index (χ0v) is 13.4. The first-order chi connectivity index (χ1) is 10.0. The predicted octanol–water partition coefficient (Wildman–Crippen LogP) is 3.00. The Labute approximate surface area is 131 Å². The summed E-state index contributed by atoms with van der Waals surface area (Å²) in [5.41, 5.74) is 0.0221. The van der Waals surface area contributed by atoms with E-state index in [0.717, 1.165) is 0 Å². The van der Waals surface area contributed by atoms with Crippen molar-refractivity contribution in [3.05, 3.63) is 34.1 Å². The lowest BCUT2D eigenvalue weighted by Crippen LogP contribution is -2.43. The van der Waals surface area contributed by atoms with E-state index in [1.807, 2.05) is 0 Å². The third-order valence-electron chi connectivity index (χ3n) is 3.49. The molecule has 114 valence electrons. The molecule has 1 aliphatic heterocycles. The Bertz CT molecular complexity index is 550. The highest BCUT2D eigenvalue weighted by Gasteiger charge is 2.30. The van der Waals surface area contributed by atoms with Crippen LogP contribution < -0.4 is 0 Å². The molecule has 1 atom stereocenters. The van der Waals surface area contributed by atoms with Crippen molar-refractivity contribution in [3.8, 4) is 0 Å². The number of hydrogen-bond acceptors (Lipinski definition) is 3. The van der Waals surface area contributed by atoms with Crippen LogP contribution in [-0.2, 0) is 9.53 Å². The van der Waals surface area contributed by atoms with E-state index in [2.05, 4.69) is 15.9 Å². The molecule has 6 heteroatoms. The Hall–Kier alpha value is -1.43. The molecule has 4 nitrogen and oxygen atoms in total. The molecule has 0 unspecified atom stereocenters. The van der Waals surface area contributed by atoms with Crippen molar-refractivity contribution in [1.82, 2.24) is 4.90 Å². The average molecular weight is 358 g/mol. The van der Waals surface area contributed by atoms with E-state index in [-0.39, 0.29) is 29.9 Å². The normalized spacial score (nSPS) is 18.4. The zero-order valence-electron chi connectivity index (χ0n) is 11.8. The molecule has 1 aromatic rings. The number of rotatable bonds is 3. The Morgan fingerprint density at radius 1 is 1.48 bits per heavy atom. The topological polar surface area (TPSA) is 46.6 Å². The van der Waals surface area contributed by atoms with Crippen LogP contribution in [0, 0.1) is 11.7 Å². The van der Waals surface area contributed by atoms with E-state index in [1.165, 1.54) is 17.0 Å². The maximum Gasteiger partial charge on any atom is 0.310 e. The summed E-state index contributed by atoms with van der Waals surface area (Å²) < 4.78 is 19.4. The number of carbonyl (C=O) groups is 2. The molecule has 1 fully saturated rings. The average Bonchev–Trinajstić information content (AvgIpc) is 2.49. The molecule has 0 bridgehead atoms. The van der Waals surface area contributed by atoms with Crippen molar-refractivity contribution in [2.45, 2.75) is 19.8 Å². The highest BCUT2D eigenvalue weighted by molar-refractivity contribution is 9.10. The Morgan fingerprint density at radius 3 is 2.95 bits per heavy atom. The van der Waals surface area contributed by atoms with Crippen LogP contribution in [0.4, 0.5) is 4.39 Å². The maximum absolute atomic E-state index is 13.8. The summed E-state index contributed by atoms with van der Waals surface area (Å²) >= 11 is 3.23. The van der Waals surface area contributed by atoms with Gasteiger partial charge in [-0.3, -0.25) is 9.59 Å². The van der Waals surface area contributed by atoms with Crippen LogP contribution in [0.3, 0.4) is 0 Å². The fourth-order valence-electron chi connectivity index (χ4n) is 2.45. The maximum atomic E-state index is 13.8. The minimum Gasteiger partial charge on any atom is -0.466 e. The minimum atomic E-state index is -0.554. The van der Waals surface area contributed by atoms with E-state index in [0.29, 0.717) is 30.5 Å². The highest BCUT2D eigenvalue weighted by atomic mass is 79.9. The summed E-state index contributed by atoms with van der Waals surface area (Å²) in [6, 6.07) is 4.26. The number of benzene rings is 1. The van der Waals surface area contributed by atoms with E-state index >= 15 is 0 Å². The molecule has 0 aliphatic carbocycles. The SMILES string of the molecule is CCOC(=O)[C@H]1CCCN(C(=O)c2cc(Br)ccc2F)C1. The smallest absolute Gasteiger partial charge is 0.310 e. The fourth-order valence-corrected chi connectivity index (χ4v) is 2.81. The van der Waals surface area contributed by atoms with Gasteiger partial charge in [0.15, 0.2) is 0 Å². The van der Waals surface area contributed by atoms with Gasteiger partial charge in [-0.1, -0.05) is 15.9 Å². The zero-order chi connectivity index (χ0) is 15.4. The first kappa shape index (κ1) is 15.9. The van der Waals surface area contributed by atoms with Gasteiger partial charge in [-0.25, -0.2) is 4.39 Å². The summed E-state index contributed by atoms with van der Waals surface area (Å²) in [5.74, 6) is -1.55. The number of carbonyl (C=O) groups excluding carboxylic acids is 2. The molecule has 1 heterocycles. The van der Waals surface area contributed by atoms with Crippen molar-refractivity contribution in [1.29, 1.82) is 0 Å². The number of esters is 1. The second-order valence-electron chi connectivity index (χ2n) is 4.97. The van der Waals surface area contributed by atoms with Gasteiger partial charge < -0.3 is 9.64 Å². The van der Waals surface area contributed by atoms with Crippen molar-refractivity contribution in [2.24, 2.45) is 5.92 Å². The van der Waals surface area contributed by atoms with E-state index in [1.54, 1.807) is 13.0 Å². The summed E-state index contributed by atoms with van der Waals surface area (Å²) in [6.07, 6.45) is 1.41. The van der Waals surface area contributed by atoms with Crippen molar-refractivity contribution < 1.29 is 18.7 Å². The van der Waals surface area contributed by atoms with Crippen LogP contribution in [0.5, 0.6) is 0 Å². The number of nitrogens with zero attached hydrogens (tertiary/aromatic N) is 1. The molecule has 1 amide bonds. The number of piperidine rings is 1. The molecule has 1 aliphatic rings. The first-order valence-corrected chi connectivity index (χ1v) is 7.73. The Kier molecular flexibility index (Phi) is 5.33. The second-order valence-corrected chi connectivity index (χ2v) is 5.88. The van der Waals surface area contributed by atoms with Crippen LogP contribution in [0.15, 0.2) is 22.7 Å². The number of likely N-dealkylation sites (tertiary alicyclic amines) is 1. The highest BCUT2D eigenvalue weighted by Crippen LogP contribution is 2.22. The van der Waals surface area contributed by atoms with Crippen LogP contribution in [0.1, 0.15) is 30.1 Å². The lowest BCUT2D eigenvalue weighted by atomic mass is 9.97. The standard InChI is InChI=1S/C15H17BrFNO3/c1-2-21-15(20)10-4-3-7-18(9-10)14(19)12-8-11(16)5-6-13(12)17/h5-6,8,10H,2-4,7,9H2,1H3/t10-/m0/s1. The molecular weight excluding hydrogens is 341 g/mol. The van der Waals surface area contributed by atoms with Gasteiger partial charge in [-0.15, -0.1) is 0 Å². The van der Waals surface area contributed by atoms with E-state index in [4.69, 9.17) is 4.74 Å². The van der Waals surface area contributed by atoms with Crippen LogP contribution in [-0.4, -0.2) is 36.5 Å². The molecule has 1 saturated heterocycles. The van der Waals surface area contributed by atoms with Crippen molar-refractivity contribution in [3.63, 3.8) is 0 Å². The number of hydrogen-bond donors (Lipinski definition) is 0. The third-order valence-corrected chi connectivity index (χ3v) is 3.98. The van der Waals surface area contributed by atoms with Gasteiger partial charge in [0.05, 0.1) is 18.1 Å². The Balaban J connectivity index is 2.12. The summed E-state index contributed by atoms with van der Waals surface area (Å²) in [5, 5.41) is 0. The monoisotopic (exact) mass is 357 g/mol. The first-order valence-electron chi connectivity index (χ1n) is 6.94. The molecular formula is C15H17BrFNO3. The molecule has 0 aromatic heterocycles. The fraction of sp³-hybridized carbons (Fsp3) is 0.467. The molecule has 0 saturated carbocycles. The minimum absolute atomic E-state index is 0.0221. The summed E-state index contributed by atoms with van der Waals surface area (Å²) in [4.78, 5) is 25.7. The van der Waals surface area contributed by atoms with Gasteiger partial charge in [0.1, 0.15) is 5.82 Å². The third kappa shape index (κ3) is 3.81. The van der Waals surface area contributed by atoms with Gasteiger partial charge in [-0.05, 0) is 38.0 Å². The van der Waals surface area contributed by atoms with Crippen LogP contribution in [0.2, 0.25) is 0 Å². The molecule has 0 spiro atoms. The lowest BCUT2D eigenvalue weighted by Gasteiger charge is -2.31. The predicted molar refractivity (Wildman–Crippen MR) is 79.4 cm³/mol. The van der Waals surface area contributed by atoms with Crippen LogP contribution >= 0.6 is 15.9 Å². The van der Waals surface area contributed by atoms with E-state index in [9.17, 15) is 14.0 Å². The number of amides is 1. The number of halogens is 2. The van der Waals surface area contributed by atoms with Gasteiger partial charge in [0.25, 0.3) is 5.91 Å². The number of ether oxygens (including phenoxy) is 1. The van der Waals surface area contributed by atoms with Gasteiger partial charge >= 0.3 is 5.97 Å². The quantitative estimate of drug-likeness (QED) is 0.781. The molecule has 2 rings (SSSR count). The second kappa shape index (κ2) is 7.02. The van der Waals surface area contributed by atoms with E-state index < -0.39 is 5.82 Å². The summed E-state index contributed by atoms with van der Waals surface area (Å²) in [6.45, 7) is 2.88. The summed E-state index contributed by atoms with van der Waals surface area (Å²) in [7, 11) is 0. The van der Waals surface area contributed by atoms with Crippen molar-refractivity contribution >= 4 is 27.8 Å². The molecule has 1 aromatic carbocycles. The van der Waals surface area contributed by atoms with Gasteiger partial charge in [0, 0.05) is 17.6 Å².